The zero-order chi connectivity index (χ0) is 30.9. The number of sulfonamides is 1. The molecule has 0 saturated heterocycles. The van der Waals surface area contributed by atoms with Crippen LogP contribution in [0.5, 0.6) is 0 Å². The van der Waals surface area contributed by atoms with Gasteiger partial charge >= 0.3 is 0 Å². The van der Waals surface area contributed by atoms with Crippen molar-refractivity contribution in [1.29, 1.82) is 0 Å². The second-order valence-corrected chi connectivity index (χ2v) is 12.7. The molecule has 0 aliphatic rings. The SMILES string of the molecule is CCCCNC(=O)C(Cc1ccccc1)N(Cc1c(Cl)cccc1Cl)C(=O)CN(c1cccc(C(C)=O)c1)S(C)(=O)=O. The van der Waals surface area contributed by atoms with Gasteiger partial charge in [-0.2, -0.15) is 0 Å². The molecule has 224 valence electrons. The number of carbonyl (C=O) groups excluding carboxylic acids is 3. The van der Waals surface area contributed by atoms with E-state index in [1.807, 2.05) is 37.3 Å². The highest BCUT2D eigenvalue weighted by molar-refractivity contribution is 7.92. The van der Waals surface area contributed by atoms with Crippen LogP contribution in [0.3, 0.4) is 0 Å². The average molecular weight is 633 g/mol. The van der Waals surface area contributed by atoms with Crippen molar-refractivity contribution >= 4 is 56.5 Å². The first-order valence-electron chi connectivity index (χ1n) is 13.5. The first-order valence-corrected chi connectivity index (χ1v) is 16.2. The van der Waals surface area contributed by atoms with E-state index in [2.05, 4.69) is 5.32 Å². The fraction of sp³-hybridized carbons (Fsp3) is 0.323. The molecule has 0 aliphatic heterocycles. The number of nitrogens with one attached hydrogen (secondary N) is 1. The lowest BCUT2D eigenvalue weighted by Crippen LogP contribution is -2.53. The Labute approximate surface area is 257 Å². The monoisotopic (exact) mass is 631 g/mol. The summed E-state index contributed by atoms with van der Waals surface area (Å²) in [5.74, 6) is -1.28. The molecule has 0 radical (unpaired) electrons. The molecule has 1 atom stereocenters. The van der Waals surface area contributed by atoms with Gasteiger partial charge in [0, 0.05) is 40.7 Å². The van der Waals surface area contributed by atoms with Gasteiger partial charge in [0.1, 0.15) is 12.6 Å². The van der Waals surface area contributed by atoms with Crippen molar-refractivity contribution in [2.75, 3.05) is 23.7 Å². The third-order valence-corrected chi connectivity index (χ3v) is 8.56. The number of rotatable bonds is 14. The van der Waals surface area contributed by atoms with Crippen LogP contribution in [0.4, 0.5) is 5.69 Å². The summed E-state index contributed by atoms with van der Waals surface area (Å²) in [5.41, 5.74) is 1.69. The van der Waals surface area contributed by atoms with Crippen molar-refractivity contribution in [3.63, 3.8) is 0 Å². The Morgan fingerprint density at radius 1 is 0.929 bits per heavy atom. The fourth-order valence-electron chi connectivity index (χ4n) is 4.41. The van der Waals surface area contributed by atoms with Crippen molar-refractivity contribution < 1.29 is 22.8 Å². The molecule has 3 rings (SSSR count). The van der Waals surface area contributed by atoms with E-state index in [-0.39, 0.29) is 30.3 Å². The number of hydrogen-bond acceptors (Lipinski definition) is 5. The van der Waals surface area contributed by atoms with Gasteiger partial charge in [0.15, 0.2) is 5.78 Å². The van der Waals surface area contributed by atoms with Crippen molar-refractivity contribution in [1.82, 2.24) is 10.2 Å². The zero-order valence-corrected chi connectivity index (χ0v) is 26.2. The molecule has 0 heterocycles. The maximum absolute atomic E-state index is 14.2. The minimum absolute atomic E-state index is 0.138. The molecule has 0 fully saturated rings. The molecular formula is C31H35Cl2N3O5S. The van der Waals surface area contributed by atoms with E-state index in [9.17, 15) is 22.8 Å². The number of benzene rings is 3. The van der Waals surface area contributed by atoms with Gasteiger partial charge in [0.2, 0.25) is 21.8 Å². The Kier molecular flexibility index (Phi) is 12.0. The highest BCUT2D eigenvalue weighted by atomic mass is 35.5. The molecule has 3 aromatic carbocycles. The second kappa shape index (κ2) is 15.2. The van der Waals surface area contributed by atoms with Crippen LogP contribution in [0, 0.1) is 0 Å². The maximum Gasteiger partial charge on any atom is 0.244 e. The summed E-state index contributed by atoms with van der Waals surface area (Å²) in [6.45, 7) is 3.04. The minimum Gasteiger partial charge on any atom is -0.354 e. The van der Waals surface area contributed by atoms with E-state index in [1.54, 1.807) is 30.3 Å². The van der Waals surface area contributed by atoms with Crippen molar-refractivity contribution in [3.8, 4) is 0 Å². The molecule has 3 aromatic rings. The van der Waals surface area contributed by atoms with Crippen LogP contribution >= 0.6 is 23.2 Å². The van der Waals surface area contributed by atoms with Gasteiger partial charge in [-0.1, -0.05) is 85.1 Å². The molecule has 11 heteroatoms. The highest BCUT2D eigenvalue weighted by Crippen LogP contribution is 2.28. The minimum atomic E-state index is -3.98. The number of ketones is 1. The molecule has 0 spiro atoms. The van der Waals surface area contributed by atoms with Gasteiger partial charge in [-0.25, -0.2) is 8.42 Å². The summed E-state index contributed by atoms with van der Waals surface area (Å²) < 4.78 is 26.8. The smallest absolute Gasteiger partial charge is 0.244 e. The molecule has 1 N–H and O–H groups in total. The first-order chi connectivity index (χ1) is 19.9. The van der Waals surface area contributed by atoms with Crippen molar-refractivity contribution in [3.05, 3.63) is 99.5 Å². The predicted octanol–water partition coefficient (Wildman–Crippen LogP) is 5.52. The summed E-state index contributed by atoms with van der Waals surface area (Å²) in [5, 5.41) is 3.53. The maximum atomic E-state index is 14.2. The molecule has 1 unspecified atom stereocenters. The van der Waals surface area contributed by atoms with Crippen molar-refractivity contribution in [2.45, 2.75) is 45.7 Å². The van der Waals surface area contributed by atoms with E-state index in [1.165, 1.54) is 24.0 Å². The molecule has 8 nitrogen and oxygen atoms in total. The highest BCUT2D eigenvalue weighted by Gasteiger charge is 2.33. The lowest BCUT2D eigenvalue weighted by Gasteiger charge is -2.34. The van der Waals surface area contributed by atoms with Crippen LogP contribution in [0.2, 0.25) is 10.0 Å². The van der Waals surface area contributed by atoms with Crippen LogP contribution in [-0.4, -0.2) is 56.3 Å². The van der Waals surface area contributed by atoms with Crippen LogP contribution in [0.1, 0.15) is 48.2 Å². The largest absolute Gasteiger partial charge is 0.354 e. The Bertz CT molecular complexity index is 1500. The van der Waals surface area contributed by atoms with Gasteiger partial charge in [-0.15, -0.1) is 0 Å². The first kappa shape index (κ1) is 33.1. The molecule has 0 aromatic heterocycles. The molecule has 2 amide bonds. The van der Waals surface area contributed by atoms with Gasteiger partial charge < -0.3 is 10.2 Å². The van der Waals surface area contributed by atoms with Crippen LogP contribution in [-0.2, 0) is 32.6 Å². The second-order valence-electron chi connectivity index (χ2n) is 9.95. The lowest BCUT2D eigenvalue weighted by atomic mass is 10.0. The van der Waals surface area contributed by atoms with Crippen LogP contribution in [0.15, 0.2) is 72.8 Å². The third kappa shape index (κ3) is 9.05. The van der Waals surface area contributed by atoms with Gasteiger partial charge in [-0.3, -0.25) is 18.7 Å². The summed E-state index contributed by atoms with van der Waals surface area (Å²) in [7, 11) is -3.98. The standard InChI is InChI=1S/C31H35Cl2N3O5S/c1-4-5-17-34-31(39)29(18-23-11-7-6-8-12-23)35(20-26-27(32)15-10-16-28(26)33)30(38)21-36(42(3,40)41)25-14-9-13-24(19-25)22(2)37/h6-16,19,29H,4-5,17-18,20-21H2,1-3H3,(H,34,39). The third-order valence-electron chi connectivity index (χ3n) is 6.71. The predicted molar refractivity (Wildman–Crippen MR) is 167 cm³/mol. The number of hydrogen-bond donors (Lipinski definition) is 1. The molecule has 0 saturated carbocycles. The summed E-state index contributed by atoms with van der Waals surface area (Å²) in [6.07, 6.45) is 2.77. The molecule has 0 aliphatic carbocycles. The van der Waals surface area contributed by atoms with Gasteiger partial charge in [-0.05, 0) is 43.2 Å². The Morgan fingerprint density at radius 3 is 2.17 bits per heavy atom. The number of amides is 2. The lowest BCUT2D eigenvalue weighted by molar-refractivity contribution is -0.140. The number of Topliss-reactive ketones (excluding diaryl/α,β-unsaturated/α-hetero) is 1. The van der Waals surface area contributed by atoms with Crippen LogP contribution in [0.25, 0.3) is 0 Å². The molecule has 0 bridgehead atoms. The Balaban J connectivity index is 2.10. The fourth-order valence-corrected chi connectivity index (χ4v) is 5.77. The zero-order valence-electron chi connectivity index (χ0n) is 23.8. The Hall–Kier alpha value is -3.40. The van der Waals surface area contributed by atoms with Gasteiger partial charge in [0.05, 0.1) is 11.9 Å². The quantitative estimate of drug-likeness (QED) is 0.186. The molecular weight excluding hydrogens is 597 g/mol. The number of halogens is 2. The number of carbonyl (C=O) groups is 3. The summed E-state index contributed by atoms with van der Waals surface area (Å²) in [6, 6.07) is 19.2. The van der Waals surface area contributed by atoms with E-state index in [4.69, 9.17) is 23.2 Å². The molecule has 42 heavy (non-hydrogen) atoms. The number of nitrogens with zero attached hydrogens (tertiary/aromatic N) is 2. The normalized spacial score (nSPS) is 11.9. The summed E-state index contributed by atoms with van der Waals surface area (Å²) >= 11 is 13.0. The number of anilines is 1. The Morgan fingerprint density at radius 2 is 1.57 bits per heavy atom. The van der Waals surface area contributed by atoms with Crippen molar-refractivity contribution in [2.24, 2.45) is 0 Å². The van der Waals surface area contributed by atoms with E-state index < -0.39 is 28.5 Å². The topological polar surface area (TPSA) is 104 Å². The van der Waals surface area contributed by atoms with E-state index >= 15 is 0 Å². The van der Waals surface area contributed by atoms with E-state index in [0.717, 1.165) is 29.0 Å². The van der Waals surface area contributed by atoms with E-state index in [0.29, 0.717) is 27.7 Å². The number of unbranched alkanes of at least 4 members (excludes halogenated alkanes) is 1. The average Bonchev–Trinajstić information content (AvgIpc) is 2.95. The van der Waals surface area contributed by atoms with Crippen LogP contribution < -0.4 is 9.62 Å². The summed E-state index contributed by atoms with van der Waals surface area (Å²) in [4.78, 5) is 41.2. The van der Waals surface area contributed by atoms with Gasteiger partial charge in [0.25, 0.3) is 0 Å².